The third-order valence-electron chi connectivity index (χ3n) is 7.26. The average Bonchev–Trinajstić information content (AvgIpc) is 3.45. The minimum absolute atomic E-state index is 0.0715. The van der Waals surface area contributed by atoms with Crippen LogP contribution in [0.25, 0.3) is 0 Å². The van der Waals surface area contributed by atoms with Crippen LogP contribution in [0.5, 0.6) is 5.75 Å². The molecule has 4 rings (SSSR count). The van der Waals surface area contributed by atoms with Crippen molar-refractivity contribution in [3.63, 3.8) is 0 Å². The van der Waals surface area contributed by atoms with Gasteiger partial charge in [0.25, 0.3) is 5.91 Å². The van der Waals surface area contributed by atoms with Gasteiger partial charge in [-0.25, -0.2) is 13.4 Å². The Bertz CT molecular complexity index is 1650. The topological polar surface area (TPSA) is 142 Å². The zero-order chi connectivity index (χ0) is 33.7. The number of carbonyl (C=O) groups excluding carboxylic acids is 1. The fraction of sp³-hybridized carbons (Fsp3) is 0.367. The fourth-order valence-electron chi connectivity index (χ4n) is 4.79. The number of nitriles is 1. The highest BCUT2D eigenvalue weighted by atomic mass is 32.2. The summed E-state index contributed by atoms with van der Waals surface area (Å²) < 4.78 is 100. The molecule has 0 aliphatic carbocycles. The number of halogens is 5. The maximum Gasteiger partial charge on any atom is 0.448 e. The number of nitrogens with zero attached hydrogens (tertiary/aromatic N) is 3. The average molecular weight is 669 g/mol. The Morgan fingerprint density at radius 3 is 2.33 bits per heavy atom. The van der Waals surface area contributed by atoms with Crippen molar-refractivity contribution in [3.05, 3.63) is 83.6 Å². The van der Waals surface area contributed by atoms with Crippen LogP contribution in [0.15, 0.2) is 71.8 Å². The highest BCUT2D eigenvalue weighted by molar-refractivity contribution is 7.91. The lowest BCUT2D eigenvalue weighted by atomic mass is 10.1. The summed E-state index contributed by atoms with van der Waals surface area (Å²) in [6.45, 7) is 0.496. The minimum Gasteiger partial charge on any atom is -0.489 e. The maximum atomic E-state index is 13.6. The second kappa shape index (κ2) is 14.0. The molecule has 3 atom stereocenters. The Morgan fingerprint density at radius 1 is 1.11 bits per heavy atom. The predicted octanol–water partition coefficient (Wildman–Crippen LogP) is 4.52. The van der Waals surface area contributed by atoms with Crippen molar-refractivity contribution in [1.29, 1.82) is 5.26 Å². The van der Waals surface area contributed by atoms with Crippen molar-refractivity contribution in [2.24, 2.45) is 0 Å². The number of hydrogen-bond acceptors (Lipinski definition) is 9. The lowest BCUT2D eigenvalue weighted by Gasteiger charge is -2.26. The van der Waals surface area contributed by atoms with Crippen molar-refractivity contribution in [2.75, 3.05) is 30.4 Å². The van der Waals surface area contributed by atoms with Gasteiger partial charge in [0.1, 0.15) is 17.7 Å². The Labute approximate surface area is 261 Å². The van der Waals surface area contributed by atoms with Crippen LogP contribution < -0.4 is 15.0 Å². The largest absolute Gasteiger partial charge is 0.489 e. The van der Waals surface area contributed by atoms with E-state index in [9.17, 15) is 40.3 Å². The lowest BCUT2D eigenvalue weighted by molar-refractivity contribution is -0.195. The lowest BCUT2D eigenvalue weighted by Crippen LogP contribution is -2.36. The number of nitrogens with one attached hydrogen (secondary N) is 1. The van der Waals surface area contributed by atoms with E-state index in [0.717, 1.165) is 30.3 Å². The third-order valence-corrected chi connectivity index (χ3v) is 9.01. The number of carbonyl (C=O) groups is 1. The summed E-state index contributed by atoms with van der Waals surface area (Å²) in [6.07, 6.45) is -7.93. The standard InChI is InChI=1S/C30H29F5N4O6S/c1-2-46(42,43)25-10-3-19(4-11-25)26(16-40)38-28(41)20-5-12-27(37-14-20)39-15-24(13-22(39)17-44-29(31,32)18-36)45-23-8-6-21(7-9-23)30(33,34)35/h3-12,14,22,24,26,40H,2,13,15-17H2,1H3,(H,38,41)/t22-,24?,26-/m0/s1. The Hall–Kier alpha value is -4.33. The summed E-state index contributed by atoms with van der Waals surface area (Å²) in [5.41, 5.74) is -0.312. The van der Waals surface area contributed by atoms with Gasteiger partial charge in [0, 0.05) is 12.6 Å². The molecule has 2 N–H and O–H groups in total. The molecule has 16 heteroatoms. The zero-order valence-corrected chi connectivity index (χ0v) is 25.1. The molecule has 0 bridgehead atoms. The van der Waals surface area contributed by atoms with E-state index >= 15 is 0 Å². The first-order chi connectivity index (χ1) is 21.7. The van der Waals surface area contributed by atoms with Gasteiger partial charge in [-0.3, -0.25) is 4.79 Å². The molecule has 1 aromatic heterocycles. The summed E-state index contributed by atoms with van der Waals surface area (Å²) in [4.78, 5) is 18.9. The van der Waals surface area contributed by atoms with Crippen molar-refractivity contribution in [1.82, 2.24) is 10.3 Å². The molecule has 2 heterocycles. The number of rotatable bonds is 12. The Balaban J connectivity index is 1.47. The number of aromatic nitrogens is 1. The molecule has 3 aromatic rings. The summed E-state index contributed by atoms with van der Waals surface area (Å²) >= 11 is 0. The number of alkyl halides is 5. The maximum absolute atomic E-state index is 13.6. The summed E-state index contributed by atoms with van der Waals surface area (Å²) in [5, 5.41) is 21.1. The normalized spacial score (nSPS) is 17.7. The second-order valence-electron chi connectivity index (χ2n) is 10.3. The first-order valence-electron chi connectivity index (χ1n) is 13.9. The number of sulfone groups is 1. The van der Waals surface area contributed by atoms with Crippen molar-refractivity contribution in [3.8, 4) is 11.8 Å². The molecule has 1 aliphatic rings. The Morgan fingerprint density at radius 2 is 1.78 bits per heavy atom. The van der Waals surface area contributed by atoms with Crippen molar-refractivity contribution < 1.29 is 49.7 Å². The van der Waals surface area contributed by atoms with Crippen molar-refractivity contribution >= 4 is 21.6 Å². The van der Waals surface area contributed by atoms with Gasteiger partial charge in [0.15, 0.2) is 15.9 Å². The smallest absolute Gasteiger partial charge is 0.448 e. The molecule has 246 valence electrons. The number of ether oxygens (including phenoxy) is 2. The van der Waals surface area contributed by atoms with Gasteiger partial charge in [-0.05, 0) is 54.1 Å². The van der Waals surface area contributed by atoms with Crippen LogP contribution in [-0.2, 0) is 20.8 Å². The van der Waals surface area contributed by atoms with Gasteiger partial charge < -0.3 is 24.8 Å². The van der Waals surface area contributed by atoms with E-state index in [0.29, 0.717) is 5.56 Å². The zero-order valence-electron chi connectivity index (χ0n) is 24.2. The number of anilines is 1. The highest BCUT2D eigenvalue weighted by Gasteiger charge is 2.39. The predicted molar refractivity (Wildman–Crippen MR) is 154 cm³/mol. The number of aliphatic hydroxyl groups excluding tert-OH is 1. The van der Waals surface area contributed by atoms with E-state index in [1.54, 1.807) is 4.90 Å². The molecular weight excluding hydrogens is 639 g/mol. The second-order valence-corrected chi connectivity index (χ2v) is 12.6. The summed E-state index contributed by atoms with van der Waals surface area (Å²) in [6, 6.07) is 11.7. The molecule has 10 nitrogen and oxygen atoms in total. The Kier molecular flexibility index (Phi) is 10.5. The SMILES string of the molecule is CCS(=O)(=O)c1ccc([C@H](CO)NC(=O)c2ccc(N3CC(Oc4ccc(C(F)(F)F)cc4)C[C@H]3COC(F)(F)C#N)nc2)cc1. The summed E-state index contributed by atoms with van der Waals surface area (Å²) in [7, 11) is -3.43. The van der Waals surface area contributed by atoms with Crippen LogP contribution in [-0.4, -0.2) is 68.2 Å². The van der Waals surface area contributed by atoms with Gasteiger partial charge >= 0.3 is 12.3 Å². The molecule has 1 fully saturated rings. The van der Waals surface area contributed by atoms with E-state index in [-0.39, 0.29) is 40.7 Å². The third kappa shape index (κ3) is 8.47. The first kappa shape index (κ1) is 34.5. The van der Waals surface area contributed by atoms with Gasteiger partial charge in [0.2, 0.25) is 0 Å². The van der Waals surface area contributed by atoms with Crippen LogP contribution in [0.2, 0.25) is 0 Å². The number of pyridine rings is 1. The molecule has 1 amide bonds. The van der Waals surface area contributed by atoms with Crippen LogP contribution >= 0.6 is 0 Å². The minimum atomic E-state index is -4.53. The molecule has 46 heavy (non-hydrogen) atoms. The molecular formula is C30H29F5N4O6S. The number of amides is 1. The van der Waals surface area contributed by atoms with Gasteiger partial charge in [-0.2, -0.15) is 27.2 Å². The first-order valence-corrected chi connectivity index (χ1v) is 15.5. The van der Waals surface area contributed by atoms with Crippen LogP contribution in [0.3, 0.4) is 0 Å². The van der Waals surface area contributed by atoms with E-state index < -0.39 is 65.0 Å². The number of benzene rings is 2. The molecule has 0 saturated carbocycles. The van der Waals surface area contributed by atoms with Crippen LogP contribution in [0.1, 0.15) is 40.9 Å². The van der Waals surface area contributed by atoms with E-state index in [1.165, 1.54) is 49.5 Å². The fourth-order valence-corrected chi connectivity index (χ4v) is 5.67. The monoisotopic (exact) mass is 668 g/mol. The number of aliphatic hydroxyl groups is 1. The number of hydrogen-bond donors (Lipinski definition) is 2. The molecule has 1 unspecified atom stereocenters. The van der Waals surface area contributed by atoms with Gasteiger partial charge in [-0.15, -0.1) is 0 Å². The van der Waals surface area contributed by atoms with Crippen LogP contribution in [0, 0.1) is 11.3 Å². The molecule has 0 spiro atoms. The summed E-state index contributed by atoms with van der Waals surface area (Å²) in [5.74, 6) is -0.320. The van der Waals surface area contributed by atoms with E-state index in [4.69, 9.17) is 10.00 Å². The van der Waals surface area contributed by atoms with Crippen LogP contribution in [0.4, 0.5) is 27.8 Å². The molecule has 0 radical (unpaired) electrons. The van der Waals surface area contributed by atoms with Gasteiger partial charge in [-0.1, -0.05) is 19.1 Å². The quantitative estimate of drug-likeness (QED) is 0.267. The van der Waals surface area contributed by atoms with E-state index in [2.05, 4.69) is 15.0 Å². The highest BCUT2D eigenvalue weighted by Crippen LogP contribution is 2.32. The van der Waals surface area contributed by atoms with E-state index in [1.807, 2.05) is 0 Å². The molecule has 1 saturated heterocycles. The van der Waals surface area contributed by atoms with Crippen molar-refractivity contribution in [2.45, 2.75) is 48.7 Å². The molecule has 2 aromatic carbocycles. The molecule has 1 aliphatic heterocycles. The van der Waals surface area contributed by atoms with Gasteiger partial charge in [0.05, 0.1) is 53.6 Å².